The summed E-state index contributed by atoms with van der Waals surface area (Å²) in [6.45, 7) is 8.13. The first-order valence-electron chi connectivity index (χ1n) is 7.86. The van der Waals surface area contributed by atoms with Crippen LogP contribution in [0.4, 0.5) is 4.39 Å². The summed E-state index contributed by atoms with van der Waals surface area (Å²) >= 11 is 5.78. The van der Waals surface area contributed by atoms with Crippen molar-refractivity contribution in [3.63, 3.8) is 0 Å². The number of benzene rings is 1. The Hall–Kier alpha value is -1.43. The molecule has 0 radical (unpaired) electrons. The molecule has 1 aromatic rings. The number of nitrogens with zero attached hydrogens (tertiary/aromatic N) is 1. The monoisotopic (exact) mass is 339 g/mol. The van der Waals surface area contributed by atoms with Crippen LogP contribution in [0.5, 0.6) is 0 Å². The average molecular weight is 340 g/mol. The van der Waals surface area contributed by atoms with Crippen molar-refractivity contribution in [3.8, 4) is 0 Å². The second-order valence-corrected chi connectivity index (χ2v) is 6.02. The smallest absolute Gasteiger partial charge is 0.234 e. The van der Waals surface area contributed by atoms with Crippen molar-refractivity contribution < 1.29 is 9.18 Å². The molecule has 1 aromatic carbocycles. The largest absolute Gasteiger partial charge is 0.352 e. The molecule has 0 unspecified atom stereocenters. The van der Waals surface area contributed by atoms with Crippen molar-refractivity contribution in [2.45, 2.75) is 25.4 Å². The number of carbonyl (C=O) groups is 1. The SMILES string of the molecule is C=CCNC(=O)CN[C@H]1CCN(CC)[C@@H]1c1ccc(Cl)c(F)c1. The Morgan fingerprint density at radius 2 is 2.35 bits per heavy atom. The Kier molecular flexibility index (Phi) is 6.57. The van der Waals surface area contributed by atoms with Gasteiger partial charge in [-0.05, 0) is 30.7 Å². The zero-order chi connectivity index (χ0) is 16.8. The van der Waals surface area contributed by atoms with Crippen LogP contribution in [0, 0.1) is 5.82 Å². The predicted molar refractivity (Wildman–Crippen MR) is 91.0 cm³/mol. The van der Waals surface area contributed by atoms with Gasteiger partial charge in [0.2, 0.25) is 5.91 Å². The third-order valence-electron chi connectivity index (χ3n) is 4.16. The number of likely N-dealkylation sites (tertiary alicyclic amines) is 1. The van der Waals surface area contributed by atoms with Crippen molar-refractivity contribution >= 4 is 17.5 Å². The number of amides is 1. The fourth-order valence-electron chi connectivity index (χ4n) is 3.04. The minimum atomic E-state index is -0.408. The molecule has 1 heterocycles. The maximum atomic E-state index is 13.8. The van der Waals surface area contributed by atoms with Gasteiger partial charge in [-0.15, -0.1) is 6.58 Å². The van der Waals surface area contributed by atoms with E-state index in [4.69, 9.17) is 11.6 Å². The number of carbonyl (C=O) groups excluding carboxylic acids is 1. The molecule has 2 rings (SSSR count). The number of hydrogen-bond donors (Lipinski definition) is 2. The highest BCUT2D eigenvalue weighted by Gasteiger charge is 2.34. The maximum absolute atomic E-state index is 13.8. The van der Waals surface area contributed by atoms with Gasteiger partial charge in [-0.2, -0.15) is 0 Å². The molecule has 23 heavy (non-hydrogen) atoms. The lowest BCUT2D eigenvalue weighted by molar-refractivity contribution is -0.120. The minimum Gasteiger partial charge on any atom is -0.352 e. The van der Waals surface area contributed by atoms with Gasteiger partial charge in [0.05, 0.1) is 17.6 Å². The molecule has 6 heteroatoms. The summed E-state index contributed by atoms with van der Waals surface area (Å²) in [5.74, 6) is -0.476. The Morgan fingerprint density at radius 1 is 1.57 bits per heavy atom. The number of nitrogens with one attached hydrogen (secondary N) is 2. The third-order valence-corrected chi connectivity index (χ3v) is 4.47. The first-order valence-corrected chi connectivity index (χ1v) is 8.24. The van der Waals surface area contributed by atoms with Gasteiger partial charge in [0.25, 0.3) is 0 Å². The molecule has 0 aliphatic carbocycles. The molecule has 2 N–H and O–H groups in total. The molecule has 1 amide bonds. The molecule has 0 spiro atoms. The van der Waals surface area contributed by atoms with Gasteiger partial charge < -0.3 is 10.6 Å². The standard InChI is InChI=1S/C17H23ClFN3O/c1-3-8-20-16(23)11-21-15-7-9-22(4-2)17(15)12-5-6-13(18)14(19)10-12/h3,5-6,10,15,17,21H,1,4,7-9,11H2,2H3,(H,20,23)/t15-,17+/m0/s1. The zero-order valence-corrected chi connectivity index (χ0v) is 14.1. The van der Waals surface area contributed by atoms with Crippen LogP contribution in [0.3, 0.4) is 0 Å². The van der Waals surface area contributed by atoms with Crippen molar-refractivity contribution in [1.82, 2.24) is 15.5 Å². The van der Waals surface area contributed by atoms with E-state index in [1.54, 1.807) is 12.1 Å². The van der Waals surface area contributed by atoms with Crippen LogP contribution >= 0.6 is 11.6 Å². The van der Waals surface area contributed by atoms with E-state index in [0.717, 1.165) is 25.1 Å². The van der Waals surface area contributed by atoms with Crippen molar-refractivity contribution in [2.24, 2.45) is 0 Å². The summed E-state index contributed by atoms with van der Waals surface area (Å²) in [6, 6.07) is 5.08. The molecule has 1 aliphatic heterocycles. The van der Waals surface area contributed by atoms with E-state index >= 15 is 0 Å². The van der Waals surface area contributed by atoms with E-state index in [-0.39, 0.29) is 29.6 Å². The molecule has 1 saturated heterocycles. The second-order valence-electron chi connectivity index (χ2n) is 5.62. The lowest BCUT2D eigenvalue weighted by Crippen LogP contribution is -2.42. The fraction of sp³-hybridized carbons (Fsp3) is 0.471. The van der Waals surface area contributed by atoms with E-state index in [2.05, 4.69) is 29.0 Å². The van der Waals surface area contributed by atoms with Crippen LogP contribution in [-0.2, 0) is 4.79 Å². The fourth-order valence-corrected chi connectivity index (χ4v) is 3.15. The quantitative estimate of drug-likeness (QED) is 0.750. The molecule has 1 aliphatic rings. The van der Waals surface area contributed by atoms with E-state index in [1.807, 2.05) is 6.07 Å². The van der Waals surface area contributed by atoms with Crippen LogP contribution in [0.2, 0.25) is 5.02 Å². The van der Waals surface area contributed by atoms with E-state index < -0.39 is 5.82 Å². The molecular formula is C17H23ClFN3O. The second kappa shape index (κ2) is 8.43. The lowest BCUT2D eigenvalue weighted by atomic mass is 10.00. The first kappa shape index (κ1) is 17.9. The Morgan fingerprint density at radius 3 is 3.00 bits per heavy atom. The normalized spacial score (nSPS) is 21.3. The Balaban J connectivity index is 2.07. The van der Waals surface area contributed by atoms with Crippen LogP contribution < -0.4 is 10.6 Å². The molecule has 0 saturated carbocycles. The Bertz CT molecular complexity index is 567. The highest BCUT2D eigenvalue weighted by molar-refractivity contribution is 6.30. The highest BCUT2D eigenvalue weighted by atomic mass is 35.5. The molecule has 0 bridgehead atoms. The molecular weight excluding hydrogens is 317 g/mol. The van der Waals surface area contributed by atoms with Gasteiger partial charge in [-0.3, -0.25) is 9.69 Å². The lowest BCUT2D eigenvalue weighted by Gasteiger charge is -2.28. The molecule has 0 aromatic heterocycles. The molecule has 1 fully saturated rings. The predicted octanol–water partition coefficient (Wildman–Crippen LogP) is 2.51. The van der Waals surface area contributed by atoms with Crippen molar-refractivity contribution in [1.29, 1.82) is 0 Å². The molecule has 2 atom stereocenters. The molecule has 4 nitrogen and oxygen atoms in total. The highest BCUT2D eigenvalue weighted by Crippen LogP contribution is 2.33. The summed E-state index contributed by atoms with van der Waals surface area (Å²) in [5, 5.41) is 6.16. The van der Waals surface area contributed by atoms with Crippen LogP contribution in [0.25, 0.3) is 0 Å². The van der Waals surface area contributed by atoms with Gasteiger partial charge in [0.15, 0.2) is 0 Å². The van der Waals surface area contributed by atoms with Gasteiger partial charge in [0.1, 0.15) is 5.82 Å². The van der Waals surface area contributed by atoms with Crippen LogP contribution in [0.15, 0.2) is 30.9 Å². The minimum absolute atomic E-state index is 0.0407. The van der Waals surface area contributed by atoms with E-state index in [1.165, 1.54) is 6.07 Å². The number of halogens is 2. The maximum Gasteiger partial charge on any atom is 0.234 e. The van der Waals surface area contributed by atoms with Crippen molar-refractivity contribution in [3.05, 3.63) is 47.3 Å². The number of rotatable bonds is 7. The summed E-state index contributed by atoms with van der Waals surface area (Å²) in [4.78, 5) is 14.0. The van der Waals surface area contributed by atoms with Crippen LogP contribution in [0.1, 0.15) is 24.9 Å². The summed E-state index contributed by atoms with van der Waals surface area (Å²) < 4.78 is 13.8. The molecule has 126 valence electrons. The number of hydrogen-bond acceptors (Lipinski definition) is 3. The third kappa shape index (κ3) is 4.53. The first-order chi connectivity index (χ1) is 11.1. The topological polar surface area (TPSA) is 44.4 Å². The summed E-state index contributed by atoms with van der Waals surface area (Å²) in [6.07, 6.45) is 2.56. The van der Waals surface area contributed by atoms with Gasteiger partial charge >= 0.3 is 0 Å². The van der Waals surface area contributed by atoms with Crippen molar-refractivity contribution in [2.75, 3.05) is 26.2 Å². The van der Waals surface area contributed by atoms with Gasteiger partial charge in [0, 0.05) is 19.1 Å². The zero-order valence-electron chi connectivity index (χ0n) is 13.3. The average Bonchev–Trinajstić information content (AvgIpc) is 2.96. The van der Waals surface area contributed by atoms with Crippen LogP contribution in [-0.4, -0.2) is 43.0 Å². The number of likely N-dealkylation sites (N-methyl/N-ethyl adjacent to an activating group) is 1. The Labute approximate surface area is 141 Å². The van der Waals surface area contributed by atoms with Gasteiger partial charge in [-0.25, -0.2) is 4.39 Å². The summed E-state index contributed by atoms with van der Waals surface area (Å²) in [5.41, 5.74) is 0.884. The van der Waals surface area contributed by atoms with E-state index in [9.17, 15) is 9.18 Å². The summed E-state index contributed by atoms with van der Waals surface area (Å²) in [7, 11) is 0. The van der Waals surface area contributed by atoms with Gasteiger partial charge in [-0.1, -0.05) is 30.7 Å². The van der Waals surface area contributed by atoms with E-state index in [0.29, 0.717) is 6.54 Å².